The summed E-state index contributed by atoms with van der Waals surface area (Å²) in [6.45, 7) is 1.95. The standard InChI is InChI=1S/C17H15BrN2O/c1-12-9-15(7-8-16(12)18)20-17(21)14(11-19)10-13-5-3-2-4-6-13/h2-9,14H,10H2,1H3,(H,20,21). The van der Waals surface area contributed by atoms with Crippen molar-refractivity contribution >= 4 is 27.5 Å². The van der Waals surface area contributed by atoms with E-state index in [9.17, 15) is 10.1 Å². The molecule has 1 atom stereocenters. The van der Waals surface area contributed by atoms with Gasteiger partial charge in [0.2, 0.25) is 5.91 Å². The van der Waals surface area contributed by atoms with Crippen molar-refractivity contribution in [2.24, 2.45) is 5.92 Å². The van der Waals surface area contributed by atoms with E-state index in [-0.39, 0.29) is 5.91 Å². The maximum absolute atomic E-state index is 12.2. The van der Waals surface area contributed by atoms with Crippen molar-refractivity contribution in [3.63, 3.8) is 0 Å². The molecule has 1 unspecified atom stereocenters. The molecule has 2 aromatic carbocycles. The molecule has 0 aliphatic heterocycles. The van der Waals surface area contributed by atoms with Gasteiger partial charge in [-0.25, -0.2) is 0 Å². The third-order valence-corrected chi connectivity index (χ3v) is 4.07. The molecule has 2 aromatic rings. The Morgan fingerprint density at radius 1 is 1.29 bits per heavy atom. The first-order valence-corrected chi connectivity index (χ1v) is 7.40. The smallest absolute Gasteiger partial charge is 0.242 e. The molecule has 0 fully saturated rings. The molecule has 0 bridgehead atoms. The number of halogens is 1. The van der Waals surface area contributed by atoms with Crippen LogP contribution in [-0.2, 0) is 11.2 Å². The molecule has 21 heavy (non-hydrogen) atoms. The minimum absolute atomic E-state index is 0.275. The first-order valence-electron chi connectivity index (χ1n) is 6.60. The summed E-state index contributed by atoms with van der Waals surface area (Å²) < 4.78 is 0.988. The molecule has 1 amide bonds. The number of nitrogens with zero attached hydrogens (tertiary/aromatic N) is 1. The van der Waals surface area contributed by atoms with Gasteiger partial charge >= 0.3 is 0 Å². The average Bonchev–Trinajstić information content (AvgIpc) is 2.49. The Kier molecular flexibility index (Phi) is 5.13. The van der Waals surface area contributed by atoms with Crippen molar-refractivity contribution < 1.29 is 4.79 Å². The van der Waals surface area contributed by atoms with E-state index in [1.807, 2.05) is 55.5 Å². The van der Waals surface area contributed by atoms with Gasteiger partial charge in [0, 0.05) is 10.2 Å². The quantitative estimate of drug-likeness (QED) is 0.909. The lowest BCUT2D eigenvalue weighted by atomic mass is 10.00. The highest BCUT2D eigenvalue weighted by Crippen LogP contribution is 2.20. The Morgan fingerprint density at radius 3 is 2.62 bits per heavy atom. The zero-order chi connectivity index (χ0) is 15.2. The molecule has 0 aliphatic rings. The van der Waals surface area contributed by atoms with E-state index in [0.717, 1.165) is 15.6 Å². The highest BCUT2D eigenvalue weighted by molar-refractivity contribution is 9.10. The number of nitrogens with one attached hydrogen (secondary N) is 1. The van der Waals surface area contributed by atoms with Gasteiger partial charge < -0.3 is 5.32 Å². The first kappa shape index (κ1) is 15.3. The van der Waals surface area contributed by atoms with Gasteiger partial charge in [0.1, 0.15) is 5.92 Å². The molecule has 3 nitrogen and oxygen atoms in total. The molecule has 2 rings (SSSR count). The van der Waals surface area contributed by atoms with Crippen LogP contribution in [0.5, 0.6) is 0 Å². The van der Waals surface area contributed by atoms with Crippen molar-refractivity contribution in [3.05, 3.63) is 64.1 Å². The minimum atomic E-state index is -0.698. The number of hydrogen-bond acceptors (Lipinski definition) is 2. The van der Waals surface area contributed by atoms with Crippen molar-refractivity contribution in [2.75, 3.05) is 5.32 Å². The number of amides is 1. The fraction of sp³-hybridized carbons (Fsp3) is 0.176. The Hall–Kier alpha value is -2.12. The van der Waals surface area contributed by atoms with Crippen LogP contribution in [0.15, 0.2) is 53.0 Å². The molecular weight excluding hydrogens is 328 g/mol. The van der Waals surface area contributed by atoms with E-state index in [4.69, 9.17) is 0 Å². The zero-order valence-electron chi connectivity index (χ0n) is 11.6. The summed E-state index contributed by atoms with van der Waals surface area (Å²) >= 11 is 3.42. The lowest BCUT2D eigenvalue weighted by Gasteiger charge is -2.11. The van der Waals surface area contributed by atoms with E-state index < -0.39 is 5.92 Å². The average molecular weight is 343 g/mol. The van der Waals surface area contributed by atoms with Gasteiger partial charge in [-0.1, -0.05) is 46.3 Å². The van der Waals surface area contributed by atoms with Crippen LogP contribution in [0.3, 0.4) is 0 Å². The number of rotatable bonds is 4. The summed E-state index contributed by atoms with van der Waals surface area (Å²) in [4.78, 5) is 12.2. The van der Waals surface area contributed by atoms with E-state index >= 15 is 0 Å². The highest BCUT2D eigenvalue weighted by Gasteiger charge is 2.18. The summed E-state index contributed by atoms with van der Waals surface area (Å²) in [5, 5.41) is 12.0. The van der Waals surface area contributed by atoms with Crippen molar-refractivity contribution in [1.82, 2.24) is 0 Å². The molecule has 106 valence electrons. The molecular formula is C17H15BrN2O. The van der Waals surface area contributed by atoms with Gasteiger partial charge in [-0.2, -0.15) is 5.26 Å². The molecule has 0 saturated heterocycles. The number of nitriles is 1. The second kappa shape index (κ2) is 7.05. The summed E-state index contributed by atoms with van der Waals surface area (Å²) in [6.07, 6.45) is 0.415. The number of anilines is 1. The number of carbonyl (C=O) groups excluding carboxylic acids is 1. The van der Waals surface area contributed by atoms with Gasteiger partial charge in [-0.05, 0) is 42.7 Å². The second-order valence-corrected chi connectivity index (χ2v) is 5.68. The molecule has 0 aromatic heterocycles. The SMILES string of the molecule is Cc1cc(NC(=O)C(C#N)Cc2ccccc2)ccc1Br. The molecule has 0 spiro atoms. The fourth-order valence-corrected chi connectivity index (χ4v) is 2.25. The molecule has 1 N–H and O–H groups in total. The Bertz CT molecular complexity index is 677. The lowest BCUT2D eigenvalue weighted by Crippen LogP contribution is -2.23. The number of benzene rings is 2. The third-order valence-electron chi connectivity index (χ3n) is 3.18. The maximum Gasteiger partial charge on any atom is 0.242 e. The van der Waals surface area contributed by atoms with Crippen LogP contribution in [0.25, 0.3) is 0 Å². The van der Waals surface area contributed by atoms with E-state index in [0.29, 0.717) is 12.1 Å². The maximum atomic E-state index is 12.2. The van der Waals surface area contributed by atoms with Crippen molar-refractivity contribution in [2.45, 2.75) is 13.3 Å². The van der Waals surface area contributed by atoms with Crippen LogP contribution in [0.2, 0.25) is 0 Å². The zero-order valence-corrected chi connectivity index (χ0v) is 13.2. The van der Waals surface area contributed by atoms with Gasteiger partial charge in [0.25, 0.3) is 0 Å². The van der Waals surface area contributed by atoms with Crippen LogP contribution >= 0.6 is 15.9 Å². The van der Waals surface area contributed by atoms with E-state index in [1.54, 1.807) is 0 Å². The second-order valence-electron chi connectivity index (χ2n) is 4.82. The van der Waals surface area contributed by atoms with Gasteiger partial charge in [-0.3, -0.25) is 4.79 Å². The fourth-order valence-electron chi connectivity index (χ4n) is 2.00. The third kappa shape index (κ3) is 4.17. The predicted octanol–water partition coefficient (Wildman–Crippen LogP) is 4.08. The molecule has 4 heteroatoms. The van der Waals surface area contributed by atoms with E-state index in [2.05, 4.69) is 27.3 Å². The van der Waals surface area contributed by atoms with Crippen LogP contribution in [0.1, 0.15) is 11.1 Å². The van der Waals surface area contributed by atoms with Gasteiger partial charge in [-0.15, -0.1) is 0 Å². The van der Waals surface area contributed by atoms with E-state index in [1.165, 1.54) is 0 Å². The van der Waals surface area contributed by atoms with Crippen molar-refractivity contribution in [1.29, 1.82) is 5.26 Å². The Balaban J connectivity index is 2.07. The summed E-state index contributed by atoms with van der Waals surface area (Å²) in [5.74, 6) is -0.973. The summed E-state index contributed by atoms with van der Waals surface area (Å²) in [6, 6.07) is 17.2. The first-order chi connectivity index (χ1) is 10.1. The topological polar surface area (TPSA) is 52.9 Å². The van der Waals surface area contributed by atoms with Gasteiger partial charge in [0.05, 0.1) is 6.07 Å². The van der Waals surface area contributed by atoms with Gasteiger partial charge in [0.15, 0.2) is 0 Å². The Labute approximate surface area is 132 Å². The Morgan fingerprint density at radius 2 is 2.00 bits per heavy atom. The molecule has 0 aliphatic carbocycles. The van der Waals surface area contributed by atoms with Crippen LogP contribution < -0.4 is 5.32 Å². The lowest BCUT2D eigenvalue weighted by molar-refractivity contribution is -0.118. The van der Waals surface area contributed by atoms with Crippen LogP contribution in [0.4, 0.5) is 5.69 Å². The highest BCUT2D eigenvalue weighted by atomic mass is 79.9. The van der Waals surface area contributed by atoms with Crippen molar-refractivity contribution in [3.8, 4) is 6.07 Å². The number of hydrogen-bond donors (Lipinski definition) is 1. The normalized spacial score (nSPS) is 11.5. The monoisotopic (exact) mass is 342 g/mol. The van der Waals surface area contributed by atoms with Crippen LogP contribution in [-0.4, -0.2) is 5.91 Å². The number of carbonyl (C=O) groups is 1. The number of aryl methyl sites for hydroxylation is 1. The summed E-state index contributed by atoms with van der Waals surface area (Å²) in [7, 11) is 0. The predicted molar refractivity (Wildman–Crippen MR) is 86.8 cm³/mol. The molecule has 0 radical (unpaired) electrons. The minimum Gasteiger partial charge on any atom is -0.325 e. The summed E-state index contributed by atoms with van der Waals surface area (Å²) in [5.41, 5.74) is 2.71. The largest absolute Gasteiger partial charge is 0.325 e. The molecule has 0 saturated carbocycles. The van der Waals surface area contributed by atoms with Crippen LogP contribution in [0, 0.1) is 24.2 Å². The molecule has 0 heterocycles.